The van der Waals surface area contributed by atoms with Gasteiger partial charge in [-0.05, 0) is 5.56 Å². The first-order valence-electron chi connectivity index (χ1n) is 2.99. The monoisotopic (exact) mass is 150 g/mol. The van der Waals surface area contributed by atoms with Gasteiger partial charge >= 0.3 is 0 Å². The number of hydrogen-bond acceptors (Lipinski definition) is 0. The Hall–Kier alpha value is -0.930. The van der Waals surface area contributed by atoms with Gasteiger partial charge in [0.2, 0.25) is 0 Å². The summed E-state index contributed by atoms with van der Waals surface area (Å²) in [5.41, 5.74) is 0.978. The van der Waals surface area contributed by atoms with Crippen molar-refractivity contribution in [1.29, 1.82) is 0 Å². The van der Waals surface area contributed by atoms with Crippen LogP contribution in [0, 0.1) is 12.3 Å². The average Bonchev–Trinajstić information content (AvgIpc) is 2.05. The Morgan fingerprint density at radius 2 is 1.90 bits per heavy atom. The molecule has 0 heterocycles. The highest BCUT2D eigenvalue weighted by atomic mass is 35.5. The van der Waals surface area contributed by atoms with Gasteiger partial charge in [0, 0.05) is 0 Å². The van der Waals surface area contributed by atoms with E-state index in [0.29, 0.717) is 0 Å². The summed E-state index contributed by atoms with van der Waals surface area (Å²) in [7, 11) is 0. The largest absolute Gasteiger partial charge is 0.119 e. The molecule has 0 N–H and O–H groups in total. The lowest BCUT2D eigenvalue weighted by Gasteiger charge is -1.98. The van der Waals surface area contributed by atoms with E-state index in [1.54, 1.807) is 0 Å². The minimum absolute atomic E-state index is 0.291. The van der Waals surface area contributed by atoms with Crippen LogP contribution < -0.4 is 0 Å². The smallest absolute Gasteiger partial charge is 0.118 e. The van der Waals surface area contributed by atoms with Crippen LogP contribution in [0.3, 0.4) is 0 Å². The van der Waals surface area contributed by atoms with E-state index < -0.39 is 0 Å². The second-order valence-electron chi connectivity index (χ2n) is 1.94. The molecule has 0 bridgehead atoms. The van der Waals surface area contributed by atoms with Crippen LogP contribution in [0.1, 0.15) is 10.9 Å². The number of alkyl halides is 1. The van der Waals surface area contributed by atoms with Gasteiger partial charge in [-0.15, -0.1) is 18.0 Å². The van der Waals surface area contributed by atoms with Crippen molar-refractivity contribution in [2.24, 2.45) is 0 Å². The van der Waals surface area contributed by atoms with Crippen molar-refractivity contribution in [3.8, 4) is 12.3 Å². The molecule has 0 aliphatic carbocycles. The Morgan fingerprint density at radius 3 is 2.40 bits per heavy atom. The molecule has 0 saturated heterocycles. The highest BCUT2D eigenvalue weighted by molar-refractivity contribution is 6.22. The van der Waals surface area contributed by atoms with Crippen molar-refractivity contribution in [3.05, 3.63) is 35.9 Å². The van der Waals surface area contributed by atoms with E-state index in [9.17, 15) is 0 Å². The number of hydrogen-bond donors (Lipinski definition) is 0. The first kappa shape index (κ1) is 7.18. The van der Waals surface area contributed by atoms with Gasteiger partial charge in [-0.2, -0.15) is 0 Å². The zero-order chi connectivity index (χ0) is 7.40. The maximum atomic E-state index is 5.75. The van der Waals surface area contributed by atoms with Crippen LogP contribution in [0.4, 0.5) is 0 Å². The van der Waals surface area contributed by atoms with Gasteiger partial charge in [0.15, 0.2) is 0 Å². The van der Waals surface area contributed by atoms with Gasteiger partial charge in [-0.1, -0.05) is 36.3 Å². The van der Waals surface area contributed by atoms with E-state index in [0.717, 1.165) is 5.56 Å². The topological polar surface area (TPSA) is 0 Å². The molecule has 0 nitrogen and oxygen atoms in total. The summed E-state index contributed by atoms with van der Waals surface area (Å²) in [6, 6.07) is 9.60. The molecule has 1 atom stereocenters. The van der Waals surface area contributed by atoms with Crippen molar-refractivity contribution in [2.75, 3.05) is 0 Å². The molecular formula is C9H7Cl. The molecule has 1 unspecified atom stereocenters. The van der Waals surface area contributed by atoms with Gasteiger partial charge in [-0.25, -0.2) is 0 Å². The van der Waals surface area contributed by atoms with E-state index in [4.69, 9.17) is 18.0 Å². The maximum Gasteiger partial charge on any atom is 0.119 e. The van der Waals surface area contributed by atoms with Gasteiger partial charge < -0.3 is 0 Å². The van der Waals surface area contributed by atoms with E-state index in [1.807, 2.05) is 30.3 Å². The van der Waals surface area contributed by atoms with Gasteiger partial charge in [0.25, 0.3) is 0 Å². The standard InChI is InChI=1S/C9H7Cl/c1-2-9(10)8-6-4-3-5-7-8/h1,3-7,9H. The molecular weight excluding hydrogens is 144 g/mol. The molecule has 0 radical (unpaired) electrons. The van der Waals surface area contributed by atoms with Crippen LogP contribution in [-0.2, 0) is 0 Å². The van der Waals surface area contributed by atoms with Gasteiger partial charge in [0.1, 0.15) is 5.38 Å². The molecule has 0 fully saturated rings. The summed E-state index contributed by atoms with van der Waals surface area (Å²) in [5.74, 6) is 2.45. The lowest BCUT2D eigenvalue weighted by Crippen LogP contribution is -1.83. The van der Waals surface area contributed by atoms with Gasteiger partial charge in [0.05, 0.1) is 0 Å². The fourth-order valence-corrected chi connectivity index (χ4v) is 0.864. The SMILES string of the molecule is C#CC(Cl)c1ccccc1. The zero-order valence-electron chi connectivity index (χ0n) is 5.42. The summed E-state index contributed by atoms with van der Waals surface area (Å²) in [5, 5.41) is -0.291. The van der Waals surface area contributed by atoms with Crippen LogP contribution in [-0.4, -0.2) is 0 Å². The number of benzene rings is 1. The highest BCUT2D eigenvalue weighted by Crippen LogP contribution is 2.17. The molecule has 0 amide bonds. The molecule has 0 aliphatic rings. The maximum absolute atomic E-state index is 5.75. The summed E-state index contributed by atoms with van der Waals surface area (Å²) >= 11 is 5.75. The fourth-order valence-electron chi connectivity index (χ4n) is 0.718. The first-order chi connectivity index (χ1) is 4.84. The molecule has 10 heavy (non-hydrogen) atoms. The minimum atomic E-state index is -0.291. The van der Waals surface area contributed by atoms with Crippen LogP contribution in [0.5, 0.6) is 0 Å². The molecule has 0 aromatic heterocycles. The summed E-state index contributed by atoms with van der Waals surface area (Å²) in [6.07, 6.45) is 5.12. The Labute approximate surface area is 65.8 Å². The van der Waals surface area contributed by atoms with E-state index in [1.165, 1.54) is 0 Å². The lowest BCUT2D eigenvalue weighted by atomic mass is 10.2. The summed E-state index contributed by atoms with van der Waals surface area (Å²) in [6.45, 7) is 0. The van der Waals surface area contributed by atoms with Gasteiger partial charge in [-0.3, -0.25) is 0 Å². The molecule has 1 heteroatoms. The van der Waals surface area contributed by atoms with Crippen molar-refractivity contribution in [2.45, 2.75) is 5.38 Å². The normalized spacial score (nSPS) is 12.0. The van der Waals surface area contributed by atoms with Crippen molar-refractivity contribution in [1.82, 2.24) is 0 Å². The highest BCUT2D eigenvalue weighted by Gasteiger charge is 1.99. The quantitative estimate of drug-likeness (QED) is 0.427. The molecule has 0 saturated carbocycles. The molecule has 1 aromatic carbocycles. The van der Waals surface area contributed by atoms with Crippen molar-refractivity contribution >= 4 is 11.6 Å². The predicted octanol–water partition coefficient (Wildman–Crippen LogP) is 2.60. The van der Waals surface area contributed by atoms with Crippen molar-refractivity contribution < 1.29 is 0 Å². The third kappa shape index (κ3) is 1.52. The third-order valence-electron chi connectivity index (χ3n) is 1.24. The molecule has 0 spiro atoms. The minimum Gasteiger partial charge on any atom is -0.118 e. The Bertz CT molecular complexity index is 233. The van der Waals surface area contributed by atoms with Crippen LogP contribution in [0.25, 0.3) is 0 Å². The summed E-state index contributed by atoms with van der Waals surface area (Å²) < 4.78 is 0. The van der Waals surface area contributed by atoms with E-state index in [2.05, 4.69) is 5.92 Å². The molecule has 0 aliphatic heterocycles. The zero-order valence-corrected chi connectivity index (χ0v) is 6.18. The molecule has 50 valence electrons. The fraction of sp³-hybridized carbons (Fsp3) is 0.111. The Kier molecular flexibility index (Phi) is 2.36. The average molecular weight is 151 g/mol. The van der Waals surface area contributed by atoms with Crippen molar-refractivity contribution in [3.63, 3.8) is 0 Å². The van der Waals surface area contributed by atoms with Crippen LogP contribution in [0.15, 0.2) is 30.3 Å². The van der Waals surface area contributed by atoms with Crippen LogP contribution >= 0.6 is 11.6 Å². The van der Waals surface area contributed by atoms with Crippen LogP contribution in [0.2, 0.25) is 0 Å². The predicted molar refractivity (Wildman–Crippen MR) is 43.9 cm³/mol. The molecule has 1 rings (SSSR count). The Balaban J connectivity index is 2.88. The van der Waals surface area contributed by atoms with E-state index >= 15 is 0 Å². The lowest BCUT2D eigenvalue weighted by molar-refractivity contribution is 1.26. The Morgan fingerprint density at radius 1 is 1.30 bits per heavy atom. The number of terminal acetylenes is 1. The molecule has 1 aromatic rings. The second-order valence-corrected chi connectivity index (χ2v) is 2.38. The second kappa shape index (κ2) is 3.29. The summed E-state index contributed by atoms with van der Waals surface area (Å²) in [4.78, 5) is 0. The number of rotatable bonds is 1. The first-order valence-corrected chi connectivity index (χ1v) is 3.43. The third-order valence-corrected chi connectivity index (χ3v) is 1.62. The van der Waals surface area contributed by atoms with E-state index in [-0.39, 0.29) is 5.38 Å². The number of halogens is 1.